The van der Waals surface area contributed by atoms with Gasteiger partial charge in [-0.1, -0.05) is 12.1 Å². The number of rotatable bonds is 4. The highest BCUT2D eigenvalue weighted by Gasteiger charge is 2.36. The molecule has 1 heterocycles. The molecular weight excluding hydrogens is 266 g/mol. The summed E-state index contributed by atoms with van der Waals surface area (Å²) < 4.78 is 5.59. The fourth-order valence-electron chi connectivity index (χ4n) is 3.11. The first kappa shape index (κ1) is 14.4. The zero-order valence-corrected chi connectivity index (χ0v) is 12.6. The van der Waals surface area contributed by atoms with Crippen molar-refractivity contribution in [3.63, 3.8) is 0 Å². The summed E-state index contributed by atoms with van der Waals surface area (Å²) in [5, 5.41) is 10.1. The zero-order chi connectivity index (χ0) is 14.9. The maximum Gasteiger partial charge on any atom is 0.226 e. The molecule has 1 fully saturated rings. The van der Waals surface area contributed by atoms with Gasteiger partial charge in [0.25, 0.3) is 0 Å². The van der Waals surface area contributed by atoms with Crippen molar-refractivity contribution >= 4 is 5.91 Å². The minimum Gasteiger partial charge on any atom is -0.493 e. The number of carbonyl (C=O) groups excluding carboxylic acids is 1. The highest BCUT2D eigenvalue weighted by Crippen LogP contribution is 2.32. The molecule has 1 aliphatic carbocycles. The fourth-order valence-corrected chi connectivity index (χ4v) is 3.11. The minimum atomic E-state index is -0.645. The van der Waals surface area contributed by atoms with Crippen molar-refractivity contribution < 1.29 is 14.6 Å². The van der Waals surface area contributed by atoms with Gasteiger partial charge in [-0.05, 0) is 49.3 Å². The molecule has 0 atom stereocenters. The molecule has 0 aromatic heterocycles. The molecule has 1 saturated carbocycles. The van der Waals surface area contributed by atoms with E-state index in [1.54, 1.807) is 11.9 Å². The van der Waals surface area contributed by atoms with Gasteiger partial charge in [0.15, 0.2) is 0 Å². The van der Waals surface area contributed by atoms with Crippen LogP contribution < -0.4 is 4.74 Å². The van der Waals surface area contributed by atoms with E-state index in [4.69, 9.17) is 4.74 Å². The van der Waals surface area contributed by atoms with Crippen molar-refractivity contribution in [1.82, 2.24) is 4.90 Å². The Bertz CT molecular complexity index is 537. The van der Waals surface area contributed by atoms with E-state index in [1.807, 2.05) is 12.1 Å². The molecule has 1 aliphatic heterocycles. The lowest BCUT2D eigenvalue weighted by Gasteiger charge is -2.39. The van der Waals surface area contributed by atoms with Gasteiger partial charge in [0.2, 0.25) is 5.91 Å². The molecule has 1 amide bonds. The molecule has 0 saturated heterocycles. The monoisotopic (exact) mass is 289 g/mol. The van der Waals surface area contributed by atoms with Crippen LogP contribution in [0.5, 0.6) is 5.75 Å². The Kier molecular flexibility index (Phi) is 3.89. The Morgan fingerprint density at radius 2 is 2.19 bits per heavy atom. The van der Waals surface area contributed by atoms with Crippen LogP contribution in [-0.2, 0) is 17.6 Å². The molecular formula is C17H23NO3. The largest absolute Gasteiger partial charge is 0.493 e. The van der Waals surface area contributed by atoms with Crippen molar-refractivity contribution in [1.29, 1.82) is 0 Å². The van der Waals surface area contributed by atoms with E-state index in [0.717, 1.165) is 50.0 Å². The second-order valence-electron chi connectivity index (χ2n) is 6.40. The number of amides is 1. The van der Waals surface area contributed by atoms with E-state index in [9.17, 15) is 9.90 Å². The van der Waals surface area contributed by atoms with Gasteiger partial charge < -0.3 is 14.7 Å². The maximum absolute atomic E-state index is 12.3. The third-order valence-corrected chi connectivity index (χ3v) is 4.57. The average Bonchev–Trinajstić information content (AvgIpc) is 2.45. The normalized spacial score (nSPS) is 19.1. The third-order valence-electron chi connectivity index (χ3n) is 4.57. The quantitative estimate of drug-likeness (QED) is 0.921. The summed E-state index contributed by atoms with van der Waals surface area (Å²) in [5.41, 5.74) is 1.58. The van der Waals surface area contributed by atoms with Crippen LogP contribution in [0.2, 0.25) is 0 Å². The molecule has 3 rings (SSSR count). The van der Waals surface area contributed by atoms with Crippen LogP contribution in [0, 0.1) is 0 Å². The number of hydrogen-bond donors (Lipinski definition) is 1. The summed E-state index contributed by atoms with van der Waals surface area (Å²) in [6, 6.07) is 6.02. The predicted octanol–water partition coefficient (Wildman–Crippen LogP) is 1.93. The van der Waals surface area contributed by atoms with Crippen molar-refractivity contribution in [2.75, 3.05) is 20.2 Å². The Hall–Kier alpha value is -1.55. The first-order valence-electron chi connectivity index (χ1n) is 7.77. The fraction of sp³-hybridized carbons (Fsp3) is 0.588. The predicted molar refractivity (Wildman–Crippen MR) is 80.4 cm³/mol. The molecule has 0 unspecified atom stereocenters. The average molecular weight is 289 g/mol. The van der Waals surface area contributed by atoms with E-state index in [-0.39, 0.29) is 5.91 Å². The molecule has 1 aromatic rings. The van der Waals surface area contributed by atoms with Crippen molar-refractivity contribution in [2.45, 2.75) is 44.1 Å². The number of aryl methyl sites for hydroxylation is 1. The topological polar surface area (TPSA) is 49.8 Å². The van der Waals surface area contributed by atoms with E-state index in [1.165, 1.54) is 5.56 Å². The van der Waals surface area contributed by atoms with Gasteiger partial charge in [0.1, 0.15) is 5.75 Å². The summed E-state index contributed by atoms with van der Waals surface area (Å²) >= 11 is 0. The summed E-state index contributed by atoms with van der Waals surface area (Å²) in [7, 11) is 1.78. The van der Waals surface area contributed by atoms with Crippen LogP contribution in [0.1, 0.15) is 36.8 Å². The van der Waals surface area contributed by atoms with Crippen LogP contribution in [0.3, 0.4) is 0 Å². The van der Waals surface area contributed by atoms with Gasteiger partial charge in [0, 0.05) is 13.6 Å². The number of nitrogens with zero attached hydrogens (tertiary/aromatic N) is 1. The number of benzene rings is 1. The summed E-state index contributed by atoms with van der Waals surface area (Å²) in [6.45, 7) is 1.23. The second-order valence-corrected chi connectivity index (χ2v) is 6.40. The summed E-state index contributed by atoms with van der Waals surface area (Å²) in [4.78, 5) is 13.9. The molecule has 0 spiro atoms. The van der Waals surface area contributed by atoms with Crippen LogP contribution in [-0.4, -0.2) is 41.7 Å². The van der Waals surface area contributed by atoms with Gasteiger partial charge in [-0.2, -0.15) is 0 Å². The molecule has 1 N–H and O–H groups in total. The molecule has 4 heteroatoms. The molecule has 4 nitrogen and oxygen atoms in total. The van der Waals surface area contributed by atoms with Crippen molar-refractivity contribution in [2.24, 2.45) is 0 Å². The lowest BCUT2D eigenvalue weighted by molar-refractivity contribution is -0.135. The van der Waals surface area contributed by atoms with Gasteiger partial charge in [-0.25, -0.2) is 0 Å². The number of fused-ring (bicyclic) bond motifs is 1. The SMILES string of the molecule is CN(CC1(O)CCC1)C(=O)Cc1ccc2c(c1)CCCO2. The molecule has 1 aromatic carbocycles. The van der Waals surface area contributed by atoms with Crippen molar-refractivity contribution in [3.05, 3.63) is 29.3 Å². The Balaban J connectivity index is 1.61. The minimum absolute atomic E-state index is 0.0620. The highest BCUT2D eigenvalue weighted by atomic mass is 16.5. The lowest BCUT2D eigenvalue weighted by Crippen LogP contribution is -2.48. The molecule has 114 valence electrons. The smallest absolute Gasteiger partial charge is 0.226 e. The number of carbonyl (C=O) groups is 1. The van der Waals surface area contributed by atoms with E-state index in [0.29, 0.717) is 13.0 Å². The number of aliphatic hydroxyl groups is 1. The van der Waals surface area contributed by atoms with Crippen LogP contribution >= 0.6 is 0 Å². The summed E-state index contributed by atoms with van der Waals surface area (Å²) in [5.74, 6) is 1.02. The van der Waals surface area contributed by atoms with Crippen LogP contribution in [0.25, 0.3) is 0 Å². The van der Waals surface area contributed by atoms with E-state index >= 15 is 0 Å². The Morgan fingerprint density at radius 1 is 1.38 bits per heavy atom. The zero-order valence-electron chi connectivity index (χ0n) is 12.6. The molecule has 0 radical (unpaired) electrons. The number of hydrogen-bond acceptors (Lipinski definition) is 3. The first-order valence-corrected chi connectivity index (χ1v) is 7.77. The van der Waals surface area contributed by atoms with Crippen LogP contribution in [0.4, 0.5) is 0 Å². The third kappa shape index (κ3) is 3.21. The first-order chi connectivity index (χ1) is 10.1. The van der Waals surface area contributed by atoms with E-state index < -0.39 is 5.60 Å². The number of likely N-dealkylation sites (N-methyl/N-ethyl adjacent to an activating group) is 1. The molecule has 0 bridgehead atoms. The van der Waals surface area contributed by atoms with Gasteiger partial charge >= 0.3 is 0 Å². The number of ether oxygens (including phenoxy) is 1. The summed E-state index contributed by atoms with van der Waals surface area (Å²) in [6.07, 6.45) is 5.12. The van der Waals surface area contributed by atoms with E-state index in [2.05, 4.69) is 6.07 Å². The van der Waals surface area contributed by atoms with Crippen LogP contribution in [0.15, 0.2) is 18.2 Å². The van der Waals surface area contributed by atoms with Gasteiger partial charge in [0.05, 0.1) is 18.6 Å². The van der Waals surface area contributed by atoms with Gasteiger partial charge in [-0.3, -0.25) is 4.79 Å². The lowest BCUT2D eigenvalue weighted by atomic mass is 9.80. The molecule has 21 heavy (non-hydrogen) atoms. The van der Waals surface area contributed by atoms with Crippen molar-refractivity contribution in [3.8, 4) is 5.75 Å². The van der Waals surface area contributed by atoms with Gasteiger partial charge in [-0.15, -0.1) is 0 Å². The molecule has 2 aliphatic rings. The maximum atomic E-state index is 12.3. The Morgan fingerprint density at radius 3 is 2.90 bits per heavy atom. The second kappa shape index (κ2) is 5.68. The highest BCUT2D eigenvalue weighted by molar-refractivity contribution is 5.78. The Labute approximate surface area is 125 Å². The standard InChI is InChI=1S/C17H23NO3/c1-18(12-17(20)7-3-8-17)16(19)11-13-5-6-15-14(10-13)4-2-9-21-15/h5-6,10,20H,2-4,7-9,11-12H2,1H3.